The highest BCUT2D eigenvalue weighted by Gasteiger charge is 2.35. The lowest BCUT2D eigenvalue weighted by atomic mass is 9.71. The van der Waals surface area contributed by atoms with E-state index in [9.17, 15) is 18.0 Å². The number of nitrogens with zero attached hydrogens (tertiary/aromatic N) is 2. The van der Waals surface area contributed by atoms with E-state index in [1.165, 1.54) is 12.1 Å². The molecule has 0 saturated carbocycles. The number of rotatable bonds is 3. The molecule has 0 heterocycles. The monoisotopic (exact) mass is 466 g/mol. The van der Waals surface area contributed by atoms with Crippen LogP contribution in [-0.2, 0) is 11.0 Å². The summed E-state index contributed by atoms with van der Waals surface area (Å²) in [5.74, 6) is 0.0100. The van der Waals surface area contributed by atoms with Crippen LogP contribution >= 0.6 is 0 Å². The van der Waals surface area contributed by atoms with Gasteiger partial charge < -0.3 is 0 Å². The number of hydrogen-bond acceptors (Lipinski definition) is 3. The van der Waals surface area contributed by atoms with Gasteiger partial charge in [-0.3, -0.25) is 4.79 Å². The van der Waals surface area contributed by atoms with Crippen LogP contribution < -0.4 is 0 Å². The zero-order valence-corrected chi connectivity index (χ0v) is 20.3. The first-order chi connectivity index (χ1) is 15.7. The molecule has 0 N–H and O–H groups in total. The van der Waals surface area contributed by atoms with Crippen molar-refractivity contribution in [1.29, 1.82) is 0 Å². The number of allylic oxidation sites excluding steroid dienone is 5. The summed E-state index contributed by atoms with van der Waals surface area (Å²) in [7, 11) is 0. The van der Waals surface area contributed by atoms with Crippen molar-refractivity contribution in [2.75, 3.05) is 0 Å². The predicted octanol–water partition coefficient (Wildman–Crippen LogP) is 8.73. The van der Waals surface area contributed by atoms with E-state index >= 15 is 0 Å². The number of ketones is 1. The Labute approximate surface area is 198 Å². The molecule has 0 amide bonds. The lowest BCUT2D eigenvalue weighted by Crippen LogP contribution is -2.28. The van der Waals surface area contributed by atoms with Gasteiger partial charge in [0.25, 0.3) is 0 Å². The van der Waals surface area contributed by atoms with Crippen molar-refractivity contribution in [3.8, 4) is 0 Å². The Morgan fingerprint density at radius 1 is 0.735 bits per heavy atom. The topological polar surface area (TPSA) is 41.8 Å². The van der Waals surface area contributed by atoms with E-state index in [1.54, 1.807) is 0 Å². The van der Waals surface area contributed by atoms with Crippen LogP contribution in [-0.4, -0.2) is 5.78 Å². The van der Waals surface area contributed by atoms with Gasteiger partial charge in [-0.2, -0.15) is 18.3 Å². The summed E-state index contributed by atoms with van der Waals surface area (Å²) in [6.45, 7) is 12.0. The molecule has 0 aliphatic heterocycles. The van der Waals surface area contributed by atoms with Gasteiger partial charge in [0.2, 0.25) is 0 Å². The largest absolute Gasteiger partial charge is 0.416 e. The summed E-state index contributed by atoms with van der Waals surface area (Å²) in [6.07, 6.45) is -0.707. The fourth-order valence-electron chi connectivity index (χ4n) is 3.58. The third-order valence-corrected chi connectivity index (χ3v) is 5.49. The van der Waals surface area contributed by atoms with Crippen LogP contribution in [0.25, 0.3) is 5.70 Å². The highest BCUT2D eigenvalue weighted by Crippen LogP contribution is 2.41. The molecule has 0 fully saturated rings. The molecule has 2 aromatic carbocycles. The molecule has 0 bridgehead atoms. The number of hydrogen-bond donors (Lipinski definition) is 0. The number of halogens is 3. The minimum atomic E-state index is -4.41. The van der Waals surface area contributed by atoms with Gasteiger partial charge in [-0.15, -0.1) is 5.11 Å². The molecule has 1 aliphatic rings. The maximum absolute atomic E-state index is 13.3. The Morgan fingerprint density at radius 2 is 1.24 bits per heavy atom. The molecule has 0 aromatic heterocycles. The molecule has 178 valence electrons. The van der Waals surface area contributed by atoms with Crippen molar-refractivity contribution in [1.82, 2.24) is 0 Å². The molecule has 1 aliphatic carbocycles. The average Bonchev–Trinajstić information content (AvgIpc) is 2.73. The van der Waals surface area contributed by atoms with E-state index in [1.807, 2.05) is 84.0 Å². The number of benzene rings is 2. The van der Waals surface area contributed by atoms with Gasteiger partial charge in [-0.1, -0.05) is 71.9 Å². The highest BCUT2D eigenvalue weighted by molar-refractivity contribution is 6.12. The van der Waals surface area contributed by atoms with Gasteiger partial charge in [0, 0.05) is 22.3 Å². The van der Waals surface area contributed by atoms with E-state index in [4.69, 9.17) is 0 Å². The second-order valence-electron chi connectivity index (χ2n) is 10.4. The molecule has 0 atom stereocenters. The molecule has 0 unspecified atom stereocenters. The fraction of sp³-hybridized carbons (Fsp3) is 0.321. The average molecular weight is 467 g/mol. The summed E-state index contributed by atoms with van der Waals surface area (Å²) in [6, 6.07) is 14.0. The first-order valence-electron chi connectivity index (χ1n) is 11.1. The van der Waals surface area contributed by atoms with E-state index < -0.39 is 11.7 Å². The van der Waals surface area contributed by atoms with Gasteiger partial charge in [-0.25, -0.2) is 0 Å². The number of carbonyl (C=O) groups excluding carboxylic acids is 1. The van der Waals surface area contributed by atoms with Crippen molar-refractivity contribution in [3.63, 3.8) is 0 Å². The summed E-state index contributed by atoms with van der Waals surface area (Å²) in [4.78, 5) is 13.3. The molecule has 0 spiro atoms. The lowest BCUT2D eigenvalue weighted by Gasteiger charge is -2.31. The van der Waals surface area contributed by atoms with Crippen LogP contribution in [0.2, 0.25) is 0 Å². The Hall–Kier alpha value is -3.28. The third kappa shape index (κ3) is 5.79. The van der Waals surface area contributed by atoms with Crippen LogP contribution in [0.15, 0.2) is 93.7 Å². The molecule has 6 heteroatoms. The fourth-order valence-corrected chi connectivity index (χ4v) is 3.58. The first kappa shape index (κ1) is 25.3. The Bertz CT molecular complexity index is 1150. The van der Waals surface area contributed by atoms with Crippen molar-refractivity contribution in [3.05, 3.63) is 94.6 Å². The van der Waals surface area contributed by atoms with Crippen LogP contribution in [0.5, 0.6) is 0 Å². The number of azo groups is 1. The third-order valence-electron chi connectivity index (χ3n) is 5.49. The highest BCUT2D eigenvalue weighted by atomic mass is 19.4. The van der Waals surface area contributed by atoms with E-state index in [0.29, 0.717) is 22.5 Å². The van der Waals surface area contributed by atoms with E-state index in [2.05, 4.69) is 10.2 Å². The number of alkyl halides is 3. The summed E-state index contributed by atoms with van der Waals surface area (Å²) in [5, 5.41) is 8.69. The minimum Gasteiger partial charge on any atom is -0.289 e. The zero-order valence-electron chi connectivity index (χ0n) is 20.3. The molecule has 2 aromatic rings. The molecule has 3 rings (SSSR count). The lowest BCUT2D eigenvalue weighted by molar-refractivity contribution is -0.137. The maximum atomic E-state index is 13.3. The first-order valence-corrected chi connectivity index (χ1v) is 11.1. The normalized spacial score (nSPS) is 15.4. The van der Waals surface area contributed by atoms with Gasteiger partial charge in [0.05, 0.1) is 11.3 Å². The Kier molecular flexibility index (Phi) is 6.83. The Morgan fingerprint density at radius 3 is 1.68 bits per heavy atom. The van der Waals surface area contributed by atoms with Gasteiger partial charge >= 0.3 is 6.18 Å². The maximum Gasteiger partial charge on any atom is 0.416 e. The second-order valence-corrected chi connectivity index (χ2v) is 10.4. The smallest absolute Gasteiger partial charge is 0.289 e. The van der Waals surface area contributed by atoms with Crippen LogP contribution in [0.4, 0.5) is 18.9 Å². The van der Waals surface area contributed by atoms with Gasteiger partial charge in [0.1, 0.15) is 5.70 Å². The van der Waals surface area contributed by atoms with E-state index in [-0.39, 0.29) is 16.6 Å². The van der Waals surface area contributed by atoms with Gasteiger partial charge in [0.15, 0.2) is 5.78 Å². The number of carbonyl (C=O) groups is 1. The summed E-state index contributed by atoms with van der Waals surface area (Å²) >= 11 is 0. The van der Waals surface area contributed by atoms with Crippen LogP contribution in [0, 0.1) is 10.8 Å². The SMILES string of the molecule is CC(C)(C)C1=CC(=C(N=Nc2ccc(C(F)(F)F)cc2)c2ccccc2)C=C(C(C)(C)C)C1=O. The minimum absolute atomic E-state index is 0.0100. The summed E-state index contributed by atoms with van der Waals surface area (Å²) < 4.78 is 38.7. The molecular weight excluding hydrogens is 437 g/mol. The molecule has 0 saturated heterocycles. The van der Waals surface area contributed by atoms with Crippen molar-refractivity contribution in [2.24, 2.45) is 21.1 Å². The van der Waals surface area contributed by atoms with Crippen molar-refractivity contribution in [2.45, 2.75) is 47.7 Å². The second kappa shape index (κ2) is 9.16. The van der Waals surface area contributed by atoms with Crippen molar-refractivity contribution < 1.29 is 18.0 Å². The molecule has 0 radical (unpaired) electrons. The zero-order chi connectivity index (χ0) is 25.3. The van der Waals surface area contributed by atoms with Crippen LogP contribution in [0.3, 0.4) is 0 Å². The molecule has 3 nitrogen and oxygen atoms in total. The quantitative estimate of drug-likeness (QED) is 0.417. The van der Waals surface area contributed by atoms with Gasteiger partial charge in [-0.05, 0) is 47.2 Å². The Balaban J connectivity index is 2.20. The standard InChI is InChI=1S/C28H29F3N2O/c1-26(2,3)22-16-19(17-23(25(22)34)27(4,5)6)24(18-10-8-7-9-11-18)33-32-21-14-12-20(13-15-21)28(29,30)31/h7-17H,1-6H3. The predicted molar refractivity (Wildman–Crippen MR) is 129 cm³/mol. The summed E-state index contributed by atoms with van der Waals surface area (Å²) in [5.41, 5.74) is 2.19. The molecular formula is C28H29F3N2O. The molecule has 34 heavy (non-hydrogen) atoms. The van der Waals surface area contributed by atoms with E-state index in [0.717, 1.165) is 23.3 Å². The number of Topliss-reactive ketones (excluding diaryl/α,β-unsaturated/α-hetero) is 1. The van der Waals surface area contributed by atoms with Crippen LogP contribution in [0.1, 0.15) is 52.7 Å². The van der Waals surface area contributed by atoms with Crippen molar-refractivity contribution >= 4 is 17.2 Å².